The molecule has 0 saturated carbocycles. The van der Waals surface area contributed by atoms with Crippen LogP contribution in [0, 0.1) is 11.3 Å². The number of hydrogen-bond acceptors (Lipinski definition) is 2. The zero-order valence-electron chi connectivity index (χ0n) is 13.3. The molecule has 0 aliphatic carbocycles. The molecule has 1 aliphatic heterocycles. The van der Waals surface area contributed by atoms with Crippen LogP contribution in [0.5, 0.6) is 0 Å². The Bertz CT molecular complexity index is 337. The molecule has 2 N–H and O–H groups in total. The lowest BCUT2D eigenvalue weighted by Gasteiger charge is -2.35. The maximum absolute atomic E-state index is 13.0. The topological polar surface area (TPSA) is 46.3 Å². The standard InChI is InChI=1S/C16H30N2OS/c1-4-7-13-8-11-18(12-13)15(19)16(9-5-2,10-6-3)14(17)20/h13H,4-12H2,1-3H3,(H2,17,20). The van der Waals surface area contributed by atoms with Gasteiger partial charge < -0.3 is 10.6 Å². The van der Waals surface area contributed by atoms with E-state index in [1.165, 1.54) is 12.8 Å². The van der Waals surface area contributed by atoms with Crippen molar-refractivity contribution in [2.75, 3.05) is 13.1 Å². The summed E-state index contributed by atoms with van der Waals surface area (Å²) in [6.45, 7) is 8.17. The molecule has 0 aromatic heterocycles. The zero-order chi connectivity index (χ0) is 15.2. The molecule has 0 radical (unpaired) electrons. The molecular formula is C16H30N2OS. The Hall–Kier alpha value is -0.640. The average Bonchev–Trinajstić information content (AvgIpc) is 2.86. The first-order valence-electron chi connectivity index (χ1n) is 8.11. The van der Waals surface area contributed by atoms with E-state index in [-0.39, 0.29) is 5.91 Å². The molecule has 1 unspecified atom stereocenters. The summed E-state index contributed by atoms with van der Waals surface area (Å²) >= 11 is 5.28. The Kier molecular flexibility index (Phi) is 6.93. The predicted molar refractivity (Wildman–Crippen MR) is 88.6 cm³/mol. The number of likely N-dealkylation sites (tertiary alicyclic amines) is 1. The van der Waals surface area contributed by atoms with Crippen LogP contribution >= 0.6 is 12.2 Å². The summed E-state index contributed by atoms with van der Waals surface area (Å²) in [7, 11) is 0. The van der Waals surface area contributed by atoms with E-state index < -0.39 is 5.41 Å². The van der Waals surface area contributed by atoms with E-state index in [1.54, 1.807) is 0 Å². The lowest BCUT2D eigenvalue weighted by molar-refractivity contribution is -0.138. The van der Waals surface area contributed by atoms with Gasteiger partial charge in [-0.2, -0.15) is 0 Å². The molecule has 1 fully saturated rings. The fourth-order valence-electron chi connectivity index (χ4n) is 3.51. The molecule has 1 rings (SSSR count). The summed E-state index contributed by atoms with van der Waals surface area (Å²) in [5, 5.41) is 0. The second-order valence-corrected chi connectivity index (χ2v) is 6.58. The van der Waals surface area contributed by atoms with Crippen molar-refractivity contribution in [3.05, 3.63) is 0 Å². The van der Waals surface area contributed by atoms with Gasteiger partial charge in [-0.25, -0.2) is 0 Å². The number of nitrogens with two attached hydrogens (primary N) is 1. The van der Waals surface area contributed by atoms with E-state index in [9.17, 15) is 4.79 Å². The highest BCUT2D eigenvalue weighted by Crippen LogP contribution is 2.35. The van der Waals surface area contributed by atoms with Gasteiger partial charge in [0.1, 0.15) is 0 Å². The van der Waals surface area contributed by atoms with Gasteiger partial charge in [0, 0.05) is 13.1 Å². The predicted octanol–water partition coefficient (Wildman–Crippen LogP) is 3.51. The molecule has 20 heavy (non-hydrogen) atoms. The minimum atomic E-state index is -0.597. The first-order valence-corrected chi connectivity index (χ1v) is 8.51. The van der Waals surface area contributed by atoms with Crippen LogP contribution < -0.4 is 5.73 Å². The largest absolute Gasteiger partial charge is 0.392 e. The van der Waals surface area contributed by atoms with Crippen LogP contribution in [0.1, 0.15) is 65.7 Å². The molecule has 1 atom stereocenters. The molecule has 1 aliphatic rings. The number of thiocarbonyl (C=S) groups is 1. The Labute approximate surface area is 129 Å². The minimum absolute atomic E-state index is 0.187. The van der Waals surface area contributed by atoms with Crippen LogP contribution in [-0.4, -0.2) is 28.9 Å². The number of carbonyl (C=O) groups excluding carboxylic acids is 1. The van der Waals surface area contributed by atoms with Gasteiger partial charge in [0.2, 0.25) is 5.91 Å². The summed E-state index contributed by atoms with van der Waals surface area (Å²) in [4.78, 5) is 15.4. The number of rotatable bonds is 8. The van der Waals surface area contributed by atoms with Gasteiger partial charge in [-0.15, -0.1) is 0 Å². The molecule has 0 bridgehead atoms. The van der Waals surface area contributed by atoms with Crippen molar-refractivity contribution in [3.63, 3.8) is 0 Å². The molecule has 4 heteroatoms. The minimum Gasteiger partial charge on any atom is -0.392 e. The zero-order valence-corrected chi connectivity index (χ0v) is 14.1. The highest BCUT2D eigenvalue weighted by molar-refractivity contribution is 7.80. The summed E-state index contributed by atoms with van der Waals surface area (Å²) in [5.74, 6) is 0.851. The highest BCUT2D eigenvalue weighted by atomic mass is 32.1. The van der Waals surface area contributed by atoms with Gasteiger partial charge in [-0.3, -0.25) is 4.79 Å². The van der Waals surface area contributed by atoms with Crippen molar-refractivity contribution < 1.29 is 4.79 Å². The van der Waals surface area contributed by atoms with E-state index in [2.05, 4.69) is 20.8 Å². The van der Waals surface area contributed by atoms with Gasteiger partial charge >= 0.3 is 0 Å². The molecule has 116 valence electrons. The summed E-state index contributed by atoms with van der Waals surface area (Å²) < 4.78 is 0. The van der Waals surface area contributed by atoms with E-state index in [1.807, 2.05) is 4.90 Å². The lowest BCUT2D eigenvalue weighted by Crippen LogP contribution is -2.50. The smallest absolute Gasteiger partial charge is 0.235 e. The third-order valence-corrected chi connectivity index (χ3v) is 4.90. The van der Waals surface area contributed by atoms with Crippen molar-refractivity contribution in [2.24, 2.45) is 17.1 Å². The molecule has 3 nitrogen and oxygen atoms in total. The number of amides is 1. The fraction of sp³-hybridized carbons (Fsp3) is 0.875. The summed E-state index contributed by atoms with van der Waals surface area (Å²) in [5.41, 5.74) is 5.39. The maximum Gasteiger partial charge on any atom is 0.235 e. The summed E-state index contributed by atoms with van der Waals surface area (Å²) in [6, 6.07) is 0. The molecule has 1 heterocycles. The van der Waals surface area contributed by atoms with Crippen molar-refractivity contribution in [1.82, 2.24) is 4.90 Å². The lowest BCUT2D eigenvalue weighted by atomic mass is 9.77. The van der Waals surface area contributed by atoms with E-state index in [0.29, 0.717) is 10.9 Å². The van der Waals surface area contributed by atoms with Crippen molar-refractivity contribution in [1.29, 1.82) is 0 Å². The van der Waals surface area contributed by atoms with Crippen LogP contribution in [0.3, 0.4) is 0 Å². The second-order valence-electron chi connectivity index (χ2n) is 6.14. The third kappa shape index (κ3) is 3.72. The first-order chi connectivity index (χ1) is 9.51. The van der Waals surface area contributed by atoms with Gasteiger partial charge in [0.25, 0.3) is 0 Å². The molecular weight excluding hydrogens is 268 g/mol. The highest BCUT2D eigenvalue weighted by Gasteiger charge is 2.43. The molecule has 0 aromatic rings. The number of carbonyl (C=O) groups is 1. The average molecular weight is 298 g/mol. The summed E-state index contributed by atoms with van der Waals surface area (Å²) in [6.07, 6.45) is 6.98. The van der Waals surface area contributed by atoms with Crippen molar-refractivity contribution in [3.8, 4) is 0 Å². The van der Waals surface area contributed by atoms with Crippen LogP contribution in [0.25, 0.3) is 0 Å². The van der Waals surface area contributed by atoms with Crippen LogP contribution in [0.4, 0.5) is 0 Å². The normalized spacial score (nSPS) is 19.4. The third-order valence-electron chi connectivity index (χ3n) is 4.50. The van der Waals surface area contributed by atoms with Crippen LogP contribution in [0.2, 0.25) is 0 Å². The Morgan fingerprint density at radius 1 is 1.25 bits per heavy atom. The molecule has 1 amide bonds. The number of nitrogens with zero attached hydrogens (tertiary/aromatic N) is 1. The van der Waals surface area contributed by atoms with Crippen molar-refractivity contribution >= 4 is 23.1 Å². The Morgan fingerprint density at radius 3 is 2.30 bits per heavy atom. The molecule has 0 spiro atoms. The van der Waals surface area contributed by atoms with E-state index in [4.69, 9.17) is 18.0 Å². The monoisotopic (exact) mass is 298 g/mol. The van der Waals surface area contributed by atoms with Crippen LogP contribution in [0.15, 0.2) is 0 Å². The first kappa shape index (κ1) is 17.4. The Morgan fingerprint density at radius 2 is 1.85 bits per heavy atom. The van der Waals surface area contributed by atoms with Gasteiger partial charge in [0.15, 0.2) is 0 Å². The molecule has 0 aromatic carbocycles. The molecule has 1 saturated heterocycles. The fourth-order valence-corrected chi connectivity index (χ4v) is 3.80. The Balaban J connectivity index is 2.85. The van der Waals surface area contributed by atoms with Gasteiger partial charge in [-0.1, -0.05) is 52.3 Å². The van der Waals surface area contributed by atoms with Gasteiger partial charge in [-0.05, 0) is 31.6 Å². The van der Waals surface area contributed by atoms with E-state index in [0.717, 1.165) is 45.2 Å². The quantitative estimate of drug-likeness (QED) is 0.698. The van der Waals surface area contributed by atoms with Crippen LogP contribution in [-0.2, 0) is 4.79 Å². The SMILES string of the molecule is CCCC1CCN(C(=O)C(CCC)(CCC)C(N)=S)C1. The van der Waals surface area contributed by atoms with Crippen molar-refractivity contribution in [2.45, 2.75) is 65.7 Å². The van der Waals surface area contributed by atoms with E-state index >= 15 is 0 Å². The second kappa shape index (κ2) is 7.96. The van der Waals surface area contributed by atoms with Gasteiger partial charge in [0.05, 0.1) is 10.4 Å². The number of hydrogen-bond donors (Lipinski definition) is 1. The maximum atomic E-state index is 13.0.